The summed E-state index contributed by atoms with van der Waals surface area (Å²) in [5, 5.41) is 9.89. The predicted molar refractivity (Wildman–Crippen MR) is 67.7 cm³/mol. The maximum atomic E-state index is 11.8. The molecule has 19 heavy (non-hydrogen) atoms. The Hall–Kier alpha value is -1.73. The summed E-state index contributed by atoms with van der Waals surface area (Å²) in [4.78, 5) is 22.7. The summed E-state index contributed by atoms with van der Waals surface area (Å²) in [5.41, 5.74) is 0.533. The standard InChI is InChI=1S/C12H16N4O3/c1-3-8-7(17)4-9(19-8)16-5-13-10-11(16)14-6(2)15-12(10)18/h5,7-9,17H,3-4H2,1-2H3,(H,14,15,18). The minimum absolute atomic E-state index is 0.175. The minimum Gasteiger partial charge on any atom is -0.390 e. The molecule has 0 bridgehead atoms. The van der Waals surface area contributed by atoms with Gasteiger partial charge < -0.3 is 14.8 Å². The topological polar surface area (TPSA) is 93.0 Å². The number of aliphatic hydroxyl groups is 1. The number of aliphatic hydroxyl groups excluding tert-OH is 1. The van der Waals surface area contributed by atoms with Crippen LogP contribution in [0, 0.1) is 6.92 Å². The van der Waals surface area contributed by atoms with Crippen LogP contribution in [0.2, 0.25) is 0 Å². The monoisotopic (exact) mass is 264 g/mol. The fraction of sp³-hybridized carbons (Fsp3) is 0.583. The minimum atomic E-state index is -0.490. The van der Waals surface area contributed by atoms with Gasteiger partial charge >= 0.3 is 0 Å². The average molecular weight is 264 g/mol. The van der Waals surface area contributed by atoms with Crippen molar-refractivity contribution >= 4 is 11.2 Å². The zero-order valence-electron chi connectivity index (χ0n) is 10.8. The molecule has 102 valence electrons. The largest absolute Gasteiger partial charge is 0.390 e. The zero-order chi connectivity index (χ0) is 13.6. The summed E-state index contributed by atoms with van der Waals surface area (Å²) in [6.45, 7) is 3.69. The summed E-state index contributed by atoms with van der Waals surface area (Å²) >= 11 is 0. The summed E-state index contributed by atoms with van der Waals surface area (Å²) < 4.78 is 7.49. The molecule has 1 saturated heterocycles. The van der Waals surface area contributed by atoms with E-state index < -0.39 is 6.10 Å². The number of imidazole rings is 1. The normalized spacial score (nSPS) is 27.2. The number of fused-ring (bicyclic) bond motifs is 1. The average Bonchev–Trinajstić information content (AvgIpc) is 2.92. The van der Waals surface area contributed by atoms with Crippen LogP contribution in [-0.4, -0.2) is 36.8 Å². The first-order valence-corrected chi connectivity index (χ1v) is 6.37. The number of hydrogen-bond donors (Lipinski definition) is 2. The Balaban J connectivity index is 2.05. The van der Waals surface area contributed by atoms with Crippen LogP contribution in [0.1, 0.15) is 31.8 Å². The summed E-state index contributed by atoms with van der Waals surface area (Å²) in [6.07, 6.45) is 1.79. The number of ether oxygens (including phenoxy) is 1. The molecule has 1 aliphatic heterocycles. The van der Waals surface area contributed by atoms with E-state index in [1.807, 2.05) is 6.92 Å². The fourth-order valence-electron chi connectivity index (χ4n) is 2.50. The van der Waals surface area contributed by atoms with E-state index in [4.69, 9.17) is 4.74 Å². The summed E-state index contributed by atoms with van der Waals surface area (Å²) in [7, 11) is 0. The Labute approximate surface area is 109 Å². The number of aryl methyl sites for hydroxylation is 1. The Morgan fingerprint density at radius 3 is 3.11 bits per heavy atom. The lowest BCUT2D eigenvalue weighted by Gasteiger charge is -2.13. The highest BCUT2D eigenvalue weighted by atomic mass is 16.5. The lowest BCUT2D eigenvalue weighted by atomic mass is 10.1. The van der Waals surface area contributed by atoms with Crippen molar-refractivity contribution in [2.75, 3.05) is 0 Å². The Morgan fingerprint density at radius 2 is 2.42 bits per heavy atom. The molecular weight excluding hydrogens is 248 g/mol. The van der Waals surface area contributed by atoms with Crippen molar-refractivity contribution in [3.63, 3.8) is 0 Å². The van der Waals surface area contributed by atoms with Crippen molar-refractivity contribution in [2.45, 2.75) is 45.1 Å². The SMILES string of the molecule is CCC1OC(n2cnc3c(=O)[nH]c(C)nc32)CC1O. The highest BCUT2D eigenvalue weighted by molar-refractivity contribution is 5.69. The molecule has 7 heteroatoms. The second-order valence-electron chi connectivity index (χ2n) is 4.82. The summed E-state index contributed by atoms with van der Waals surface area (Å²) in [5.74, 6) is 0.532. The molecule has 1 aliphatic rings. The maximum Gasteiger partial charge on any atom is 0.279 e. The third-order valence-corrected chi connectivity index (χ3v) is 3.47. The molecule has 0 amide bonds. The van der Waals surface area contributed by atoms with Gasteiger partial charge in [-0.15, -0.1) is 0 Å². The van der Waals surface area contributed by atoms with E-state index in [2.05, 4.69) is 15.0 Å². The molecule has 3 atom stereocenters. The number of nitrogens with one attached hydrogen (secondary N) is 1. The molecule has 7 nitrogen and oxygen atoms in total. The van der Waals surface area contributed by atoms with Gasteiger partial charge in [-0.3, -0.25) is 9.36 Å². The van der Waals surface area contributed by atoms with Gasteiger partial charge in [0.15, 0.2) is 11.2 Å². The van der Waals surface area contributed by atoms with Crippen LogP contribution in [0.3, 0.4) is 0 Å². The number of aromatic amines is 1. The Bertz CT molecular complexity index is 663. The van der Waals surface area contributed by atoms with E-state index in [1.165, 1.54) is 0 Å². The van der Waals surface area contributed by atoms with Gasteiger partial charge in [0.2, 0.25) is 0 Å². The van der Waals surface area contributed by atoms with E-state index in [9.17, 15) is 9.90 Å². The van der Waals surface area contributed by atoms with Gasteiger partial charge in [0.25, 0.3) is 5.56 Å². The van der Waals surface area contributed by atoms with Gasteiger partial charge in [0.1, 0.15) is 12.1 Å². The molecule has 0 spiro atoms. The second kappa shape index (κ2) is 4.43. The summed E-state index contributed by atoms with van der Waals surface area (Å²) in [6, 6.07) is 0. The lowest BCUT2D eigenvalue weighted by molar-refractivity contribution is -0.0183. The highest BCUT2D eigenvalue weighted by Gasteiger charge is 2.34. The van der Waals surface area contributed by atoms with E-state index in [0.717, 1.165) is 6.42 Å². The number of H-pyrrole nitrogens is 1. The third kappa shape index (κ3) is 1.95. The molecule has 2 aromatic heterocycles. The molecule has 0 saturated carbocycles. The first-order valence-electron chi connectivity index (χ1n) is 6.37. The van der Waals surface area contributed by atoms with Gasteiger partial charge in [0.05, 0.1) is 18.5 Å². The molecule has 3 unspecified atom stereocenters. The molecule has 1 fully saturated rings. The van der Waals surface area contributed by atoms with Gasteiger partial charge in [-0.25, -0.2) is 9.97 Å². The number of aromatic nitrogens is 4. The van der Waals surface area contributed by atoms with Crippen LogP contribution in [0.25, 0.3) is 11.2 Å². The molecule has 2 aromatic rings. The zero-order valence-corrected chi connectivity index (χ0v) is 10.8. The third-order valence-electron chi connectivity index (χ3n) is 3.47. The van der Waals surface area contributed by atoms with Gasteiger partial charge in [-0.1, -0.05) is 6.92 Å². The van der Waals surface area contributed by atoms with Crippen LogP contribution in [0.4, 0.5) is 0 Å². The first kappa shape index (κ1) is 12.3. The molecule has 0 aromatic carbocycles. The van der Waals surface area contributed by atoms with Crippen molar-refractivity contribution in [3.8, 4) is 0 Å². The van der Waals surface area contributed by atoms with Crippen LogP contribution < -0.4 is 5.56 Å². The smallest absolute Gasteiger partial charge is 0.279 e. The van der Waals surface area contributed by atoms with E-state index in [0.29, 0.717) is 23.4 Å². The van der Waals surface area contributed by atoms with Crippen molar-refractivity contribution in [1.82, 2.24) is 19.5 Å². The molecule has 3 rings (SSSR count). The number of nitrogens with zero attached hydrogens (tertiary/aromatic N) is 3. The van der Waals surface area contributed by atoms with Crippen molar-refractivity contribution < 1.29 is 9.84 Å². The fourth-order valence-corrected chi connectivity index (χ4v) is 2.50. The predicted octanol–water partition coefficient (Wildman–Crippen LogP) is 0.486. The van der Waals surface area contributed by atoms with Crippen LogP contribution in [0.5, 0.6) is 0 Å². The molecule has 3 heterocycles. The van der Waals surface area contributed by atoms with Gasteiger partial charge in [0, 0.05) is 6.42 Å². The van der Waals surface area contributed by atoms with Crippen LogP contribution in [-0.2, 0) is 4.74 Å². The van der Waals surface area contributed by atoms with Gasteiger partial charge in [-0.2, -0.15) is 0 Å². The number of hydrogen-bond acceptors (Lipinski definition) is 5. The molecular formula is C12H16N4O3. The Kier molecular flexibility index (Phi) is 2.87. The highest BCUT2D eigenvalue weighted by Crippen LogP contribution is 2.31. The van der Waals surface area contributed by atoms with Gasteiger partial charge in [-0.05, 0) is 13.3 Å². The number of rotatable bonds is 2. The molecule has 2 N–H and O–H groups in total. The molecule has 0 aliphatic carbocycles. The van der Waals surface area contributed by atoms with E-state index >= 15 is 0 Å². The van der Waals surface area contributed by atoms with E-state index in [-0.39, 0.29) is 17.9 Å². The van der Waals surface area contributed by atoms with Crippen molar-refractivity contribution in [1.29, 1.82) is 0 Å². The van der Waals surface area contributed by atoms with Crippen molar-refractivity contribution in [2.24, 2.45) is 0 Å². The molecule has 0 radical (unpaired) electrons. The quantitative estimate of drug-likeness (QED) is 0.823. The van der Waals surface area contributed by atoms with Crippen LogP contribution in [0.15, 0.2) is 11.1 Å². The first-order chi connectivity index (χ1) is 9.10. The lowest BCUT2D eigenvalue weighted by Crippen LogP contribution is -2.19. The van der Waals surface area contributed by atoms with E-state index in [1.54, 1.807) is 17.8 Å². The maximum absolute atomic E-state index is 11.8. The Morgan fingerprint density at radius 1 is 1.63 bits per heavy atom. The van der Waals surface area contributed by atoms with Crippen molar-refractivity contribution in [3.05, 3.63) is 22.5 Å². The van der Waals surface area contributed by atoms with Crippen LogP contribution >= 0.6 is 0 Å². The second-order valence-corrected chi connectivity index (χ2v) is 4.82.